The lowest BCUT2D eigenvalue weighted by molar-refractivity contribution is -0.140. The van der Waals surface area contributed by atoms with Gasteiger partial charge in [-0.05, 0) is 12.0 Å². The molecule has 1 aromatic heterocycles. The lowest BCUT2D eigenvalue weighted by atomic mass is 10.1. The molecule has 2 rings (SSSR count). The van der Waals surface area contributed by atoms with E-state index < -0.39 is 0 Å². The van der Waals surface area contributed by atoms with E-state index in [1.165, 1.54) is 24.0 Å². The van der Waals surface area contributed by atoms with Crippen molar-refractivity contribution in [1.82, 2.24) is 4.98 Å². The quantitative estimate of drug-likeness (QED) is 0.829. The van der Waals surface area contributed by atoms with E-state index in [1.54, 1.807) is 0 Å². The summed E-state index contributed by atoms with van der Waals surface area (Å²) in [4.78, 5) is 15.5. The third-order valence-corrected chi connectivity index (χ3v) is 3.80. The van der Waals surface area contributed by atoms with Crippen molar-refractivity contribution in [1.29, 1.82) is 0 Å². The monoisotopic (exact) mass is 290 g/mol. The average molecular weight is 290 g/mol. The van der Waals surface area contributed by atoms with Crippen LogP contribution in [0.4, 0.5) is 5.13 Å². The highest BCUT2D eigenvalue weighted by molar-refractivity contribution is 7.14. The second-order valence-electron chi connectivity index (χ2n) is 4.34. The summed E-state index contributed by atoms with van der Waals surface area (Å²) < 4.78 is 4.59. The summed E-state index contributed by atoms with van der Waals surface area (Å²) in [5.74, 6) is -0.218. The van der Waals surface area contributed by atoms with E-state index in [-0.39, 0.29) is 5.97 Å². The van der Waals surface area contributed by atoms with E-state index in [0.717, 1.165) is 22.8 Å². The van der Waals surface area contributed by atoms with E-state index in [1.807, 2.05) is 5.38 Å². The van der Waals surface area contributed by atoms with Crippen LogP contribution in [-0.4, -0.2) is 24.6 Å². The van der Waals surface area contributed by atoms with Gasteiger partial charge in [-0.1, -0.05) is 31.2 Å². The first-order valence-electron chi connectivity index (χ1n) is 6.58. The van der Waals surface area contributed by atoms with E-state index in [4.69, 9.17) is 0 Å². The molecular weight excluding hydrogens is 272 g/mol. The van der Waals surface area contributed by atoms with Crippen LogP contribution in [0.15, 0.2) is 29.6 Å². The van der Waals surface area contributed by atoms with Crippen LogP contribution in [0.25, 0.3) is 11.3 Å². The number of benzene rings is 1. The summed E-state index contributed by atoms with van der Waals surface area (Å²) >= 11 is 1.54. The van der Waals surface area contributed by atoms with Gasteiger partial charge in [0.05, 0.1) is 19.2 Å². The Morgan fingerprint density at radius 1 is 1.35 bits per heavy atom. The van der Waals surface area contributed by atoms with Crippen molar-refractivity contribution in [3.63, 3.8) is 0 Å². The molecule has 2 aromatic rings. The third kappa shape index (κ3) is 3.81. The maximum Gasteiger partial charge on any atom is 0.307 e. The number of esters is 1. The average Bonchev–Trinajstić information content (AvgIpc) is 2.96. The topological polar surface area (TPSA) is 51.2 Å². The Morgan fingerprint density at radius 2 is 2.10 bits per heavy atom. The molecule has 5 heteroatoms. The van der Waals surface area contributed by atoms with Gasteiger partial charge in [-0.25, -0.2) is 4.98 Å². The number of hydrogen-bond acceptors (Lipinski definition) is 5. The molecule has 0 radical (unpaired) electrons. The Labute approximate surface area is 122 Å². The number of anilines is 1. The first-order chi connectivity index (χ1) is 9.72. The van der Waals surface area contributed by atoms with Crippen LogP contribution >= 0.6 is 11.3 Å². The van der Waals surface area contributed by atoms with Crippen molar-refractivity contribution in [3.05, 3.63) is 35.2 Å². The minimum absolute atomic E-state index is 0.218. The lowest BCUT2D eigenvalue weighted by Crippen LogP contribution is -2.09. The zero-order chi connectivity index (χ0) is 14.4. The Morgan fingerprint density at radius 3 is 2.75 bits per heavy atom. The fraction of sp³-hybridized carbons (Fsp3) is 0.333. The maximum absolute atomic E-state index is 11.0. The molecule has 0 fully saturated rings. The van der Waals surface area contributed by atoms with Gasteiger partial charge in [-0.3, -0.25) is 4.79 Å². The van der Waals surface area contributed by atoms with Gasteiger partial charge in [0.2, 0.25) is 0 Å². The van der Waals surface area contributed by atoms with Crippen molar-refractivity contribution in [2.45, 2.75) is 19.8 Å². The van der Waals surface area contributed by atoms with Gasteiger partial charge in [0.15, 0.2) is 5.13 Å². The van der Waals surface area contributed by atoms with Gasteiger partial charge >= 0.3 is 5.97 Å². The number of aryl methyl sites for hydroxylation is 1. The van der Waals surface area contributed by atoms with Crippen LogP contribution < -0.4 is 5.32 Å². The minimum Gasteiger partial charge on any atom is -0.469 e. The van der Waals surface area contributed by atoms with E-state index >= 15 is 0 Å². The molecule has 0 spiro atoms. The highest BCUT2D eigenvalue weighted by Gasteiger charge is 2.05. The first-order valence-corrected chi connectivity index (χ1v) is 7.46. The molecule has 4 nitrogen and oxygen atoms in total. The van der Waals surface area contributed by atoms with Crippen LogP contribution in [0.2, 0.25) is 0 Å². The zero-order valence-electron chi connectivity index (χ0n) is 11.7. The number of methoxy groups -OCH3 is 1. The smallest absolute Gasteiger partial charge is 0.307 e. The highest BCUT2D eigenvalue weighted by atomic mass is 32.1. The summed E-state index contributed by atoms with van der Waals surface area (Å²) in [6, 6.07) is 8.43. The largest absolute Gasteiger partial charge is 0.469 e. The fourth-order valence-electron chi connectivity index (χ4n) is 1.77. The van der Waals surface area contributed by atoms with Crippen molar-refractivity contribution in [2.75, 3.05) is 19.0 Å². The summed E-state index contributed by atoms with van der Waals surface area (Å²) in [5, 5.41) is 5.97. The third-order valence-electron chi connectivity index (χ3n) is 3.00. The van der Waals surface area contributed by atoms with Crippen LogP contribution in [0.3, 0.4) is 0 Å². The Bertz CT molecular complexity index is 564. The molecule has 0 bridgehead atoms. The summed E-state index contributed by atoms with van der Waals surface area (Å²) in [6.07, 6.45) is 1.38. The second-order valence-corrected chi connectivity index (χ2v) is 5.20. The normalized spacial score (nSPS) is 10.3. The maximum atomic E-state index is 11.0. The molecule has 1 aromatic carbocycles. The van der Waals surface area contributed by atoms with Crippen molar-refractivity contribution in [2.24, 2.45) is 0 Å². The minimum atomic E-state index is -0.218. The predicted octanol–water partition coefficient (Wildman–Crippen LogP) is 3.35. The number of ether oxygens (including phenoxy) is 1. The van der Waals surface area contributed by atoms with Crippen LogP contribution in [-0.2, 0) is 16.0 Å². The van der Waals surface area contributed by atoms with E-state index in [0.29, 0.717) is 13.0 Å². The van der Waals surface area contributed by atoms with E-state index in [2.05, 4.69) is 46.2 Å². The number of thiazole rings is 1. The number of rotatable bonds is 6. The molecule has 0 atom stereocenters. The molecule has 0 saturated carbocycles. The first kappa shape index (κ1) is 14.5. The van der Waals surface area contributed by atoms with Gasteiger partial charge in [0.1, 0.15) is 0 Å². The highest BCUT2D eigenvalue weighted by Crippen LogP contribution is 2.25. The predicted molar refractivity (Wildman–Crippen MR) is 82.1 cm³/mol. The van der Waals surface area contributed by atoms with Crippen molar-refractivity contribution in [3.8, 4) is 11.3 Å². The number of hydrogen-bond donors (Lipinski definition) is 1. The molecule has 1 N–H and O–H groups in total. The van der Waals surface area contributed by atoms with Crippen LogP contribution in [0, 0.1) is 0 Å². The van der Waals surface area contributed by atoms with Crippen molar-refractivity contribution >= 4 is 22.4 Å². The number of aromatic nitrogens is 1. The Hall–Kier alpha value is -1.88. The van der Waals surface area contributed by atoms with Gasteiger partial charge in [0, 0.05) is 17.5 Å². The molecule has 0 unspecified atom stereocenters. The van der Waals surface area contributed by atoms with Crippen LogP contribution in [0.1, 0.15) is 18.9 Å². The standard InChI is InChI=1S/C15H18N2O2S/c1-3-11-4-6-12(7-5-11)13-10-20-15(17-13)16-9-8-14(18)19-2/h4-7,10H,3,8-9H2,1-2H3,(H,16,17). The molecule has 1 heterocycles. The summed E-state index contributed by atoms with van der Waals surface area (Å²) in [5.41, 5.74) is 3.39. The summed E-state index contributed by atoms with van der Waals surface area (Å²) in [6.45, 7) is 2.68. The molecule has 0 aliphatic carbocycles. The van der Waals surface area contributed by atoms with Crippen LogP contribution in [0.5, 0.6) is 0 Å². The molecule has 0 aliphatic heterocycles. The zero-order valence-corrected chi connectivity index (χ0v) is 12.5. The molecule has 20 heavy (non-hydrogen) atoms. The fourth-order valence-corrected chi connectivity index (χ4v) is 2.52. The molecule has 106 valence electrons. The molecule has 0 aliphatic rings. The molecule has 0 amide bonds. The summed E-state index contributed by atoms with van der Waals surface area (Å²) in [7, 11) is 1.39. The number of carbonyl (C=O) groups excluding carboxylic acids is 1. The molecule has 0 saturated heterocycles. The number of nitrogens with one attached hydrogen (secondary N) is 1. The van der Waals surface area contributed by atoms with Gasteiger partial charge in [-0.15, -0.1) is 11.3 Å². The SMILES string of the molecule is CCc1ccc(-c2csc(NCCC(=O)OC)n2)cc1. The van der Waals surface area contributed by atoms with Crippen molar-refractivity contribution < 1.29 is 9.53 Å². The van der Waals surface area contributed by atoms with E-state index in [9.17, 15) is 4.79 Å². The van der Waals surface area contributed by atoms with Gasteiger partial charge in [0.25, 0.3) is 0 Å². The molecular formula is C15H18N2O2S. The lowest BCUT2D eigenvalue weighted by Gasteiger charge is -2.01. The number of nitrogens with zero attached hydrogens (tertiary/aromatic N) is 1. The van der Waals surface area contributed by atoms with Gasteiger partial charge < -0.3 is 10.1 Å². The van der Waals surface area contributed by atoms with Gasteiger partial charge in [-0.2, -0.15) is 0 Å². The second kappa shape index (κ2) is 7.05. The Balaban J connectivity index is 1.95. The number of carbonyl (C=O) groups is 1. The Kier molecular flexibility index (Phi) is 5.12.